The summed E-state index contributed by atoms with van der Waals surface area (Å²) >= 11 is 0. The minimum absolute atomic E-state index is 0.519. The zero-order chi connectivity index (χ0) is 33.0. The lowest BCUT2D eigenvalue weighted by atomic mass is 9.93. The normalized spacial score (nSPS) is 11.9. The average Bonchev–Trinajstić information content (AvgIpc) is 3.11. The first-order valence-corrected chi connectivity index (χ1v) is 15.7. The van der Waals surface area contributed by atoms with Gasteiger partial charge in [-0.15, -0.1) is 0 Å². The van der Waals surface area contributed by atoms with E-state index in [-0.39, 0.29) is 0 Å². The van der Waals surface area contributed by atoms with Crippen LogP contribution < -0.4 is 0 Å². The van der Waals surface area contributed by atoms with Crippen molar-refractivity contribution in [3.63, 3.8) is 0 Å². The Morgan fingerprint density at radius 3 is 1.69 bits per heavy atom. The van der Waals surface area contributed by atoms with Gasteiger partial charge in [0.05, 0.1) is 39.2 Å². The second-order valence-corrected chi connectivity index (χ2v) is 12.1. The molecule has 0 saturated heterocycles. The number of fused-ring (bicyclic) bond motifs is 5. The summed E-state index contributed by atoms with van der Waals surface area (Å²) in [6.45, 7) is 3.75. The largest absolute Gasteiger partial charge is 0.416 e. The highest BCUT2D eigenvalue weighted by molar-refractivity contribution is 6.22. The Morgan fingerprint density at radius 2 is 1.02 bits per heavy atom. The standard InChI is InChI=1S/C42H28F3N3/c1-25-21-31(24-32(22-25)42(43,44)45)27-17-19-30(20-18-27)38-36-26(2)23-35-41(37(36)33-15-9-10-16-34(33)46-38)48-40(29-13-7-4-8-14-29)39(47-35)28-11-5-3-6-12-28/h3-24H,1-2H3. The zero-order valence-corrected chi connectivity index (χ0v) is 26.2. The number of para-hydroxylation sites is 1. The SMILES string of the molecule is Cc1cc(-c2ccc(-c3nc4ccccc4c4c3c(C)cc3nc(-c5ccccc5)c(-c5ccccc5)nc34)cc2)cc(C(F)(F)F)c1. The monoisotopic (exact) mass is 631 g/mol. The number of hydrogen-bond donors (Lipinski definition) is 0. The minimum atomic E-state index is -4.42. The lowest BCUT2D eigenvalue weighted by molar-refractivity contribution is -0.137. The molecule has 0 aliphatic carbocycles. The minimum Gasteiger partial charge on any atom is -0.247 e. The molecule has 0 radical (unpaired) electrons. The van der Waals surface area contributed by atoms with Crippen molar-refractivity contribution < 1.29 is 13.2 Å². The van der Waals surface area contributed by atoms with Crippen LogP contribution in [0.4, 0.5) is 13.2 Å². The summed E-state index contributed by atoms with van der Waals surface area (Å²) in [5.41, 5.74) is 9.72. The molecule has 0 atom stereocenters. The molecule has 0 aliphatic rings. The van der Waals surface area contributed by atoms with E-state index in [9.17, 15) is 13.2 Å². The maximum atomic E-state index is 13.6. The number of benzene rings is 6. The summed E-state index contributed by atoms with van der Waals surface area (Å²) in [6.07, 6.45) is -4.42. The van der Waals surface area contributed by atoms with E-state index >= 15 is 0 Å². The Hall–Kier alpha value is -5.88. The molecule has 6 aromatic carbocycles. The van der Waals surface area contributed by atoms with Gasteiger partial charge in [0.15, 0.2) is 0 Å². The number of halogens is 3. The lowest BCUT2D eigenvalue weighted by Gasteiger charge is -2.17. The highest BCUT2D eigenvalue weighted by Crippen LogP contribution is 2.41. The average molecular weight is 632 g/mol. The molecule has 0 spiro atoms. The van der Waals surface area contributed by atoms with Crippen molar-refractivity contribution in [1.82, 2.24) is 15.0 Å². The molecule has 232 valence electrons. The molecule has 2 aromatic heterocycles. The maximum Gasteiger partial charge on any atom is 0.416 e. The molecule has 0 aliphatic heterocycles. The van der Waals surface area contributed by atoms with E-state index in [2.05, 4.69) is 43.3 Å². The van der Waals surface area contributed by atoms with Gasteiger partial charge in [-0.1, -0.05) is 109 Å². The van der Waals surface area contributed by atoms with E-state index < -0.39 is 11.7 Å². The number of hydrogen-bond acceptors (Lipinski definition) is 3. The molecular formula is C42H28F3N3. The molecular weight excluding hydrogens is 603 g/mol. The number of aryl methyl sites for hydroxylation is 2. The summed E-state index contributed by atoms with van der Waals surface area (Å²) in [7, 11) is 0. The molecule has 0 fully saturated rings. The highest BCUT2D eigenvalue weighted by Gasteiger charge is 2.31. The molecule has 0 amide bonds. The first kappa shape index (κ1) is 29.5. The van der Waals surface area contributed by atoms with Gasteiger partial charge in [-0.05, 0) is 60.4 Å². The fraction of sp³-hybridized carbons (Fsp3) is 0.0714. The van der Waals surface area contributed by atoms with Crippen molar-refractivity contribution in [3.05, 3.63) is 150 Å². The van der Waals surface area contributed by atoms with E-state index in [1.807, 2.05) is 78.9 Å². The summed E-state index contributed by atoms with van der Waals surface area (Å²) in [5.74, 6) is 0. The van der Waals surface area contributed by atoms with Crippen molar-refractivity contribution in [1.29, 1.82) is 0 Å². The summed E-state index contributed by atoms with van der Waals surface area (Å²) < 4.78 is 40.8. The van der Waals surface area contributed by atoms with Crippen LogP contribution in [0.5, 0.6) is 0 Å². The molecule has 6 heteroatoms. The first-order valence-electron chi connectivity index (χ1n) is 15.7. The van der Waals surface area contributed by atoms with Crippen molar-refractivity contribution in [2.75, 3.05) is 0 Å². The van der Waals surface area contributed by atoms with Gasteiger partial charge in [0.2, 0.25) is 0 Å². The Bertz CT molecular complexity index is 2490. The van der Waals surface area contributed by atoms with Gasteiger partial charge in [-0.25, -0.2) is 15.0 Å². The van der Waals surface area contributed by atoms with Gasteiger partial charge in [-0.3, -0.25) is 0 Å². The highest BCUT2D eigenvalue weighted by atomic mass is 19.4. The predicted molar refractivity (Wildman–Crippen MR) is 189 cm³/mol. The molecule has 0 N–H and O–H groups in total. The predicted octanol–water partition coefficient (Wildman–Crippen LogP) is 11.6. The van der Waals surface area contributed by atoms with Crippen LogP contribution in [0.3, 0.4) is 0 Å². The number of pyridine rings is 1. The van der Waals surface area contributed by atoms with Crippen LogP contribution in [0.1, 0.15) is 16.7 Å². The van der Waals surface area contributed by atoms with Crippen molar-refractivity contribution in [2.45, 2.75) is 20.0 Å². The third-order valence-electron chi connectivity index (χ3n) is 8.79. The molecule has 0 saturated carbocycles. The third-order valence-corrected chi connectivity index (χ3v) is 8.79. The molecule has 2 heterocycles. The number of nitrogens with zero attached hydrogens (tertiary/aromatic N) is 3. The van der Waals surface area contributed by atoms with Crippen LogP contribution in [-0.2, 0) is 6.18 Å². The second kappa shape index (κ2) is 11.4. The second-order valence-electron chi connectivity index (χ2n) is 12.1. The van der Waals surface area contributed by atoms with Gasteiger partial charge in [0, 0.05) is 32.8 Å². The molecule has 0 unspecified atom stereocenters. The van der Waals surface area contributed by atoms with Crippen molar-refractivity contribution in [2.24, 2.45) is 0 Å². The smallest absolute Gasteiger partial charge is 0.247 e. The van der Waals surface area contributed by atoms with Gasteiger partial charge >= 0.3 is 6.18 Å². The fourth-order valence-electron chi connectivity index (χ4n) is 6.59. The van der Waals surface area contributed by atoms with Crippen molar-refractivity contribution >= 4 is 32.7 Å². The zero-order valence-electron chi connectivity index (χ0n) is 26.2. The lowest BCUT2D eigenvalue weighted by Crippen LogP contribution is -2.05. The maximum absolute atomic E-state index is 13.6. The van der Waals surface area contributed by atoms with Crippen LogP contribution >= 0.6 is 0 Å². The third kappa shape index (κ3) is 5.16. The Kier molecular flexibility index (Phi) is 7.02. The van der Waals surface area contributed by atoms with E-state index in [1.165, 1.54) is 12.1 Å². The molecule has 0 bridgehead atoms. The fourth-order valence-corrected chi connectivity index (χ4v) is 6.59. The summed E-state index contributed by atoms with van der Waals surface area (Å²) in [6, 6.07) is 42.1. The summed E-state index contributed by atoms with van der Waals surface area (Å²) in [4.78, 5) is 15.8. The quantitative estimate of drug-likeness (QED) is 0.181. The molecule has 8 rings (SSSR count). The van der Waals surface area contributed by atoms with Gasteiger partial charge in [-0.2, -0.15) is 13.2 Å². The molecule has 8 aromatic rings. The van der Waals surface area contributed by atoms with Crippen molar-refractivity contribution in [3.8, 4) is 44.9 Å². The molecule has 3 nitrogen and oxygen atoms in total. The Balaban J connectivity index is 1.38. The number of rotatable bonds is 4. The number of alkyl halides is 3. The number of aromatic nitrogens is 3. The van der Waals surface area contributed by atoms with E-state index in [0.29, 0.717) is 16.7 Å². The topological polar surface area (TPSA) is 38.7 Å². The van der Waals surface area contributed by atoms with Crippen LogP contribution in [0.15, 0.2) is 133 Å². The molecule has 48 heavy (non-hydrogen) atoms. The van der Waals surface area contributed by atoms with E-state index in [0.717, 1.165) is 72.0 Å². The van der Waals surface area contributed by atoms with Gasteiger partial charge in [0.1, 0.15) is 0 Å². The van der Waals surface area contributed by atoms with Crippen LogP contribution in [-0.4, -0.2) is 15.0 Å². The van der Waals surface area contributed by atoms with E-state index in [1.54, 1.807) is 13.0 Å². The van der Waals surface area contributed by atoms with E-state index in [4.69, 9.17) is 15.0 Å². The van der Waals surface area contributed by atoms with Crippen LogP contribution in [0.25, 0.3) is 77.6 Å². The van der Waals surface area contributed by atoms with Crippen LogP contribution in [0.2, 0.25) is 0 Å². The van der Waals surface area contributed by atoms with Crippen LogP contribution in [0, 0.1) is 13.8 Å². The summed E-state index contributed by atoms with van der Waals surface area (Å²) in [5, 5.41) is 2.90. The van der Waals surface area contributed by atoms with Gasteiger partial charge < -0.3 is 0 Å². The van der Waals surface area contributed by atoms with Gasteiger partial charge in [0.25, 0.3) is 0 Å². The Morgan fingerprint density at radius 1 is 0.458 bits per heavy atom. The Labute approximate surface area is 275 Å². The first-order chi connectivity index (χ1) is 23.2.